The Bertz CT molecular complexity index is 593. The van der Waals surface area contributed by atoms with E-state index in [1.807, 2.05) is 43.3 Å². The molecule has 0 bridgehead atoms. The molecule has 1 aromatic carbocycles. The highest BCUT2D eigenvalue weighted by atomic mass is 35.5. The first-order chi connectivity index (χ1) is 8.63. The molecular formula is C13H15ClN4. The van der Waals surface area contributed by atoms with Gasteiger partial charge in [0.2, 0.25) is 0 Å². The highest BCUT2D eigenvalue weighted by Crippen LogP contribution is 2.31. The van der Waals surface area contributed by atoms with Crippen molar-refractivity contribution in [3.05, 3.63) is 30.5 Å². The number of halogens is 1. The molecule has 18 heavy (non-hydrogen) atoms. The number of aliphatic imine (C=N–C) groups is 1. The van der Waals surface area contributed by atoms with E-state index >= 15 is 0 Å². The summed E-state index contributed by atoms with van der Waals surface area (Å²) in [6.45, 7) is 0. The van der Waals surface area contributed by atoms with Gasteiger partial charge in [0.15, 0.2) is 0 Å². The number of nitrogens with two attached hydrogens (primary N) is 1. The molecule has 0 amide bonds. The number of hydrogen-bond acceptors (Lipinski definition) is 3. The van der Waals surface area contributed by atoms with E-state index in [9.17, 15) is 0 Å². The van der Waals surface area contributed by atoms with E-state index in [1.165, 1.54) is 0 Å². The fraction of sp³-hybridized carbons (Fsp3) is 0.231. The maximum absolute atomic E-state index is 5.68. The zero-order valence-electron chi connectivity index (χ0n) is 10.4. The summed E-state index contributed by atoms with van der Waals surface area (Å²) in [7, 11) is 3.97. The number of pyridine rings is 1. The second-order valence-corrected chi connectivity index (χ2v) is 4.40. The summed E-state index contributed by atoms with van der Waals surface area (Å²) < 4.78 is 0. The van der Waals surface area contributed by atoms with E-state index in [2.05, 4.69) is 9.98 Å². The maximum Gasteiger partial charge on any atom is 0.115 e. The highest BCUT2D eigenvalue weighted by Gasteiger charge is 2.08. The molecule has 1 heterocycles. The van der Waals surface area contributed by atoms with Gasteiger partial charge >= 0.3 is 0 Å². The standard InChI is InChI=1S/C13H15ClN4/c1-18(2)11-6-5-10(17-12(15)8-14)9-4-3-7-16-13(9)11/h3-7H,8H2,1-2H3,(H2,15,17). The zero-order chi connectivity index (χ0) is 13.1. The van der Waals surface area contributed by atoms with Crippen LogP contribution in [0.15, 0.2) is 35.5 Å². The molecule has 0 aliphatic heterocycles. The summed E-state index contributed by atoms with van der Waals surface area (Å²) in [5.74, 6) is 0.622. The van der Waals surface area contributed by atoms with Crippen molar-refractivity contribution in [2.45, 2.75) is 0 Å². The number of alkyl halides is 1. The van der Waals surface area contributed by atoms with Crippen LogP contribution < -0.4 is 10.6 Å². The molecule has 0 atom stereocenters. The molecule has 94 valence electrons. The van der Waals surface area contributed by atoms with Crippen LogP contribution in [0, 0.1) is 0 Å². The lowest BCUT2D eigenvalue weighted by Crippen LogP contribution is -2.12. The normalized spacial score (nSPS) is 11.8. The number of aromatic nitrogens is 1. The van der Waals surface area contributed by atoms with Crippen molar-refractivity contribution < 1.29 is 0 Å². The number of amidine groups is 1. The second-order valence-electron chi connectivity index (χ2n) is 4.13. The van der Waals surface area contributed by atoms with Crippen molar-refractivity contribution in [2.24, 2.45) is 10.7 Å². The Morgan fingerprint density at radius 1 is 1.39 bits per heavy atom. The predicted molar refractivity (Wildman–Crippen MR) is 78.1 cm³/mol. The quantitative estimate of drug-likeness (QED) is 0.525. The first-order valence-electron chi connectivity index (χ1n) is 5.57. The van der Waals surface area contributed by atoms with Crippen molar-refractivity contribution in [1.82, 2.24) is 4.98 Å². The summed E-state index contributed by atoms with van der Waals surface area (Å²) >= 11 is 5.66. The van der Waals surface area contributed by atoms with Crippen LogP contribution in [0.2, 0.25) is 0 Å². The van der Waals surface area contributed by atoms with Gasteiger partial charge in [-0.15, -0.1) is 11.6 Å². The van der Waals surface area contributed by atoms with E-state index in [1.54, 1.807) is 6.20 Å². The lowest BCUT2D eigenvalue weighted by molar-refractivity contribution is 1.13. The molecule has 2 rings (SSSR count). The largest absolute Gasteiger partial charge is 0.386 e. The van der Waals surface area contributed by atoms with Gasteiger partial charge < -0.3 is 10.6 Å². The number of benzene rings is 1. The minimum absolute atomic E-state index is 0.219. The van der Waals surface area contributed by atoms with Crippen LogP contribution in [0.25, 0.3) is 10.9 Å². The van der Waals surface area contributed by atoms with Crippen molar-refractivity contribution in [3.63, 3.8) is 0 Å². The minimum atomic E-state index is 0.219. The maximum atomic E-state index is 5.68. The molecule has 0 aliphatic carbocycles. The molecular weight excluding hydrogens is 248 g/mol. The number of rotatable bonds is 3. The van der Waals surface area contributed by atoms with E-state index in [-0.39, 0.29) is 5.88 Å². The monoisotopic (exact) mass is 262 g/mol. The lowest BCUT2D eigenvalue weighted by atomic mass is 10.1. The summed E-state index contributed by atoms with van der Waals surface area (Å²) in [5.41, 5.74) is 8.43. The first-order valence-corrected chi connectivity index (χ1v) is 6.11. The Morgan fingerprint density at radius 3 is 2.83 bits per heavy atom. The van der Waals surface area contributed by atoms with Crippen LogP contribution in [0.3, 0.4) is 0 Å². The third-order valence-electron chi connectivity index (χ3n) is 2.61. The highest BCUT2D eigenvalue weighted by molar-refractivity contribution is 6.28. The van der Waals surface area contributed by atoms with Gasteiger partial charge in [-0.2, -0.15) is 0 Å². The summed E-state index contributed by atoms with van der Waals surface area (Å²) in [6, 6.07) is 7.78. The topological polar surface area (TPSA) is 54.5 Å². The van der Waals surface area contributed by atoms with E-state index in [0.717, 1.165) is 22.3 Å². The Balaban J connectivity index is 2.68. The predicted octanol–water partition coefficient (Wildman–Crippen LogP) is 2.53. The van der Waals surface area contributed by atoms with Crippen LogP contribution in [0.5, 0.6) is 0 Å². The molecule has 2 aromatic rings. The molecule has 0 saturated heterocycles. The Labute approximate surface area is 111 Å². The van der Waals surface area contributed by atoms with Crippen molar-refractivity contribution in [1.29, 1.82) is 0 Å². The fourth-order valence-corrected chi connectivity index (χ4v) is 1.85. The third kappa shape index (κ3) is 2.38. The van der Waals surface area contributed by atoms with Crippen LogP contribution in [0.4, 0.5) is 11.4 Å². The number of anilines is 1. The molecule has 0 aliphatic rings. The van der Waals surface area contributed by atoms with Gasteiger partial charge in [-0.3, -0.25) is 4.98 Å². The molecule has 0 fully saturated rings. The van der Waals surface area contributed by atoms with Gasteiger partial charge in [0.05, 0.1) is 22.8 Å². The molecule has 5 heteroatoms. The zero-order valence-corrected chi connectivity index (χ0v) is 11.1. The molecule has 0 unspecified atom stereocenters. The van der Waals surface area contributed by atoms with Crippen molar-refractivity contribution in [2.75, 3.05) is 24.9 Å². The Hall–Kier alpha value is -1.81. The number of fused-ring (bicyclic) bond motifs is 1. The third-order valence-corrected chi connectivity index (χ3v) is 2.88. The van der Waals surface area contributed by atoms with E-state index in [4.69, 9.17) is 17.3 Å². The van der Waals surface area contributed by atoms with Crippen LogP contribution in [0.1, 0.15) is 0 Å². The van der Waals surface area contributed by atoms with Gasteiger partial charge in [-0.25, -0.2) is 4.99 Å². The summed E-state index contributed by atoms with van der Waals surface area (Å²) in [5, 5.41) is 0.969. The Morgan fingerprint density at radius 2 is 2.17 bits per heavy atom. The van der Waals surface area contributed by atoms with Crippen molar-refractivity contribution >= 4 is 39.7 Å². The number of hydrogen-bond donors (Lipinski definition) is 1. The van der Waals surface area contributed by atoms with Crippen molar-refractivity contribution in [3.8, 4) is 0 Å². The Kier molecular flexibility index (Phi) is 3.67. The van der Waals surface area contributed by atoms with E-state index < -0.39 is 0 Å². The SMILES string of the molecule is CN(C)c1ccc(N=C(N)CCl)c2cccnc12. The summed E-state index contributed by atoms with van der Waals surface area (Å²) in [6.07, 6.45) is 1.77. The molecule has 4 nitrogen and oxygen atoms in total. The molecule has 2 N–H and O–H groups in total. The van der Waals surface area contributed by atoms with Gasteiger partial charge in [-0.05, 0) is 24.3 Å². The average molecular weight is 263 g/mol. The smallest absolute Gasteiger partial charge is 0.115 e. The molecule has 0 radical (unpaired) electrons. The van der Waals surface area contributed by atoms with Gasteiger partial charge in [-0.1, -0.05) is 0 Å². The van der Waals surface area contributed by atoms with Crippen LogP contribution in [-0.2, 0) is 0 Å². The van der Waals surface area contributed by atoms with Gasteiger partial charge in [0.1, 0.15) is 5.84 Å². The molecule has 0 spiro atoms. The van der Waals surface area contributed by atoms with Gasteiger partial charge in [0.25, 0.3) is 0 Å². The minimum Gasteiger partial charge on any atom is -0.386 e. The van der Waals surface area contributed by atoms with Crippen LogP contribution in [-0.4, -0.2) is 30.8 Å². The molecule has 0 saturated carbocycles. The summed E-state index contributed by atoms with van der Waals surface area (Å²) in [4.78, 5) is 10.7. The van der Waals surface area contributed by atoms with E-state index in [0.29, 0.717) is 5.84 Å². The second kappa shape index (κ2) is 5.23. The van der Waals surface area contributed by atoms with Crippen LogP contribution >= 0.6 is 11.6 Å². The fourth-order valence-electron chi connectivity index (χ4n) is 1.79. The first kappa shape index (κ1) is 12.6. The molecule has 1 aromatic heterocycles. The average Bonchev–Trinajstić information content (AvgIpc) is 2.38. The lowest BCUT2D eigenvalue weighted by Gasteiger charge is -2.15. The van der Waals surface area contributed by atoms with Gasteiger partial charge in [0, 0.05) is 25.7 Å². The number of nitrogens with zero attached hydrogens (tertiary/aromatic N) is 3.